The number of fused-ring (bicyclic) bond motifs is 1. The fourth-order valence-corrected chi connectivity index (χ4v) is 2.20. The number of ether oxygens (including phenoxy) is 1. The molecule has 0 saturated heterocycles. The second kappa shape index (κ2) is 5.33. The van der Waals surface area contributed by atoms with Crippen LogP contribution in [0, 0.1) is 17.0 Å². The van der Waals surface area contributed by atoms with Crippen LogP contribution >= 0.6 is 0 Å². The average molecular weight is 296 g/mol. The number of aromatic amines is 1. The second-order valence-corrected chi connectivity index (χ2v) is 4.87. The summed E-state index contributed by atoms with van der Waals surface area (Å²) in [6, 6.07) is 13.2. The minimum atomic E-state index is -0.534. The largest absolute Gasteiger partial charge is 0.456 e. The lowest BCUT2D eigenvalue weighted by Crippen LogP contribution is -2.06. The molecule has 6 heteroatoms. The molecule has 0 spiro atoms. The summed E-state index contributed by atoms with van der Waals surface area (Å²) in [6.07, 6.45) is 0. The van der Waals surface area contributed by atoms with E-state index < -0.39 is 10.5 Å². The molecule has 0 radical (unpaired) electrons. The maximum Gasteiger partial charge on any atom is 0.293 e. The molecule has 2 aromatic carbocycles. The Kier molecular flexibility index (Phi) is 3.34. The summed E-state index contributed by atoms with van der Waals surface area (Å²) in [5.41, 5.74) is 0.619. The number of non-ortho nitro benzene ring substituents is 1. The van der Waals surface area contributed by atoms with Crippen LogP contribution in [-0.4, -0.2) is 9.91 Å². The van der Waals surface area contributed by atoms with Crippen molar-refractivity contribution in [2.75, 3.05) is 0 Å². The van der Waals surface area contributed by atoms with Crippen molar-refractivity contribution in [3.05, 3.63) is 74.6 Å². The lowest BCUT2D eigenvalue weighted by molar-refractivity contribution is -0.383. The number of rotatable bonds is 3. The zero-order valence-electron chi connectivity index (χ0n) is 11.7. The number of para-hydroxylation sites is 1. The number of aromatic nitrogens is 1. The quantitative estimate of drug-likeness (QED) is 0.591. The fraction of sp³-hybridized carbons (Fsp3) is 0.0625. The topological polar surface area (TPSA) is 85.2 Å². The molecule has 110 valence electrons. The molecule has 6 nitrogen and oxygen atoms in total. The van der Waals surface area contributed by atoms with E-state index in [0.717, 1.165) is 5.56 Å². The maximum atomic E-state index is 11.8. The lowest BCUT2D eigenvalue weighted by Gasteiger charge is -2.09. The van der Waals surface area contributed by atoms with Crippen molar-refractivity contribution >= 4 is 16.6 Å². The van der Waals surface area contributed by atoms with Crippen LogP contribution in [0.5, 0.6) is 11.5 Å². The van der Waals surface area contributed by atoms with E-state index in [9.17, 15) is 14.9 Å². The van der Waals surface area contributed by atoms with Crippen molar-refractivity contribution in [1.82, 2.24) is 4.98 Å². The number of hydrogen-bond donors (Lipinski definition) is 1. The lowest BCUT2D eigenvalue weighted by atomic mass is 10.1. The third-order valence-corrected chi connectivity index (χ3v) is 3.26. The van der Waals surface area contributed by atoms with Gasteiger partial charge < -0.3 is 9.72 Å². The standard InChI is InChI=1S/C16H12N2O4/c1-10-5-7-11(8-6-10)22-14-9-15(19)17-16-12(14)3-2-4-13(16)18(20)21/h2-9H,1H3,(H,17,19). The van der Waals surface area contributed by atoms with Gasteiger partial charge in [-0.3, -0.25) is 14.9 Å². The Hall–Kier alpha value is -3.15. The Morgan fingerprint density at radius 1 is 1.14 bits per heavy atom. The number of nitro benzene ring substituents is 1. The summed E-state index contributed by atoms with van der Waals surface area (Å²) < 4.78 is 5.72. The van der Waals surface area contributed by atoms with Gasteiger partial charge in [0, 0.05) is 17.5 Å². The monoisotopic (exact) mass is 296 g/mol. The molecule has 3 aromatic rings. The summed E-state index contributed by atoms with van der Waals surface area (Å²) in [5, 5.41) is 11.6. The van der Waals surface area contributed by atoms with Crippen molar-refractivity contribution < 1.29 is 9.66 Å². The zero-order chi connectivity index (χ0) is 15.7. The molecule has 3 rings (SSSR count). The van der Waals surface area contributed by atoms with Gasteiger partial charge in [-0.1, -0.05) is 23.8 Å². The molecule has 0 atom stereocenters. The first-order valence-electron chi connectivity index (χ1n) is 6.59. The van der Waals surface area contributed by atoms with Crippen LogP contribution in [0.25, 0.3) is 10.9 Å². The first kappa shape index (κ1) is 13.8. The van der Waals surface area contributed by atoms with Gasteiger partial charge in [-0.25, -0.2) is 0 Å². The highest BCUT2D eigenvalue weighted by Crippen LogP contribution is 2.31. The van der Waals surface area contributed by atoms with Crippen LogP contribution in [0.3, 0.4) is 0 Å². The number of pyridine rings is 1. The smallest absolute Gasteiger partial charge is 0.293 e. The molecule has 0 bridgehead atoms. The van der Waals surface area contributed by atoms with Gasteiger partial charge in [0.2, 0.25) is 0 Å². The molecular formula is C16H12N2O4. The highest BCUT2D eigenvalue weighted by atomic mass is 16.6. The van der Waals surface area contributed by atoms with Crippen LogP contribution in [-0.2, 0) is 0 Å². The Labute approximate surface area is 125 Å². The van der Waals surface area contributed by atoms with E-state index in [-0.39, 0.29) is 17.0 Å². The van der Waals surface area contributed by atoms with Crippen LogP contribution in [0.2, 0.25) is 0 Å². The van der Waals surface area contributed by atoms with Crippen molar-refractivity contribution in [1.29, 1.82) is 0 Å². The average Bonchev–Trinajstić information content (AvgIpc) is 2.48. The van der Waals surface area contributed by atoms with E-state index in [1.54, 1.807) is 24.3 Å². The molecule has 0 amide bonds. The number of H-pyrrole nitrogens is 1. The van der Waals surface area contributed by atoms with E-state index in [0.29, 0.717) is 11.1 Å². The molecule has 0 aliphatic rings. The van der Waals surface area contributed by atoms with Gasteiger partial charge in [-0.15, -0.1) is 0 Å². The van der Waals surface area contributed by atoms with Gasteiger partial charge in [0.15, 0.2) is 0 Å². The summed E-state index contributed by atoms with van der Waals surface area (Å²) in [5.74, 6) is 0.843. The van der Waals surface area contributed by atoms with Crippen molar-refractivity contribution in [3.8, 4) is 11.5 Å². The molecule has 0 unspecified atom stereocenters. The Morgan fingerprint density at radius 2 is 1.86 bits per heavy atom. The number of nitrogens with zero attached hydrogens (tertiary/aromatic N) is 1. The molecule has 0 aliphatic carbocycles. The molecule has 1 aromatic heterocycles. The van der Waals surface area contributed by atoms with Crippen molar-refractivity contribution in [2.45, 2.75) is 6.92 Å². The van der Waals surface area contributed by atoms with Gasteiger partial charge in [-0.05, 0) is 25.1 Å². The van der Waals surface area contributed by atoms with E-state index in [2.05, 4.69) is 4.98 Å². The van der Waals surface area contributed by atoms with Crippen LogP contribution in [0.4, 0.5) is 5.69 Å². The maximum absolute atomic E-state index is 11.8. The van der Waals surface area contributed by atoms with Gasteiger partial charge in [0.25, 0.3) is 11.2 Å². The van der Waals surface area contributed by atoms with E-state index in [4.69, 9.17) is 4.74 Å². The van der Waals surface area contributed by atoms with Crippen LogP contribution in [0.1, 0.15) is 5.56 Å². The summed E-state index contributed by atoms with van der Waals surface area (Å²) in [4.78, 5) is 24.8. The molecule has 1 heterocycles. The van der Waals surface area contributed by atoms with Gasteiger partial charge in [0.1, 0.15) is 17.0 Å². The fourth-order valence-electron chi connectivity index (χ4n) is 2.20. The number of nitro groups is 1. The molecule has 0 saturated carbocycles. The molecular weight excluding hydrogens is 284 g/mol. The summed E-state index contributed by atoms with van der Waals surface area (Å²) in [7, 11) is 0. The molecule has 1 N–H and O–H groups in total. The normalized spacial score (nSPS) is 10.6. The number of nitrogens with one attached hydrogen (secondary N) is 1. The second-order valence-electron chi connectivity index (χ2n) is 4.87. The van der Waals surface area contributed by atoms with Gasteiger partial charge in [0.05, 0.1) is 4.92 Å². The highest BCUT2D eigenvalue weighted by Gasteiger charge is 2.15. The van der Waals surface area contributed by atoms with Crippen LogP contribution in [0.15, 0.2) is 53.3 Å². The van der Waals surface area contributed by atoms with Crippen LogP contribution < -0.4 is 10.3 Å². The van der Waals surface area contributed by atoms with E-state index in [1.807, 2.05) is 19.1 Å². The molecule has 0 aliphatic heterocycles. The van der Waals surface area contributed by atoms with Crippen molar-refractivity contribution in [2.24, 2.45) is 0 Å². The number of benzene rings is 2. The van der Waals surface area contributed by atoms with Crippen molar-refractivity contribution in [3.63, 3.8) is 0 Å². The highest BCUT2D eigenvalue weighted by molar-refractivity contribution is 5.91. The van der Waals surface area contributed by atoms with Gasteiger partial charge in [-0.2, -0.15) is 0 Å². The Bertz CT molecular complexity index is 914. The first-order chi connectivity index (χ1) is 10.5. The number of aryl methyl sites for hydroxylation is 1. The van der Waals surface area contributed by atoms with E-state index >= 15 is 0 Å². The molecule has 0 fully saturated rings. The minimum absolute atomic E-state index is 0.155. The predicted octanol–water partition coefficient (Wildman–Crippen LogP) is 3.54. The predicted molar refractivity (Wildman–Crippen MR) is 82.5 cm³/mol. The SMILES string of the molecule is Cc1ccc(Oc2cc(=O)[nH]c3c([N+](=O)[O-])cccc23)cc1. The molecule has 22 heavy (non-hydrogen) atoms. The third-order valence-electron chi connectivity index (χ3n) is 3.26. The Morgan fingerprint density at radius 3 is 2.55 bits per heavy atom. The van der Waals surface area contributed by atoms with Gasteiger partial charge >= 0.3 is 0 Å². The summed E-state index contributed by atoms with van der Waals surface area (Å²) in [6.45, 7) is 1.95. The Balaban J connectivity index is 2.17. The zero-order valence-corrected chi connectivity index (χ0v) is 11.7. The van der Waals surface area contributed by atoms with E-state index in [1.165, 1.54) is 12.1 Å². The minimum Gasteiger partial charge on any atom is -0.456 e. The summed E-state index contributed by atoms with van der Waals surface area (Å²) >= 11 is 0. The third kappa shape index (κ3) is 2.54. The first-order valence-corrected chi connectivity index (χ1v) is 6.59. The number of hydrogen-bond acceptors (Lipinski definition) is 4.